The van der Waals surface area contributed by atoms with Crippen molar-refractivity contribution in [3.8, 4) is 0 Å². The number of nitrogens with zero attached hydrogens (tertiary/aromatic N) is 4. The number of piperazine rings is 1. The topological polar surface area (TPSA) is 102 Å². The molecule has 0 bridgehead atoms. The zero-order chi connectivity index (χ0) is 22.1. The van der Waals surface area contributed by atoms with Crippen molar-refractivity contribution in [2.45, 2.75) is 19.6 Å². The lowest BCUT2D eigenvalue weighted by molar-refractivity contribution is -0.138. The van der Waals surface area contributed by atoms with E-state index < -0.39 is 23.2 Å². The Kier molecular flexibility index (Phi) is 5.92. The average Bonchev–Trinajstić information content (AvgIpc) is 3.18. The fraction of sp³-hybridized carbons (Fsp3) is 0.368. The maximum Gasteiger partial charge on any atom is 0.417 e. The lowest BCUT2D eigenvalue weighted by Gasteiger charge is -2.34. The van der Waals surface area contributed by atoms with Gasteiger partial charge in [0.2, 0.25) is 5.91 Å². The normalized spacial score (nSPS) is 15.3. The molecule has 0 aliphatic carbocycles. The second-order valence-corrected chi connectivity index (χ2v) is 6.99. The van der Waals surface area contributed by atoms with Gasteiger partial charge in [0.25, 0.3) is 0 Å². The van der Waals surface area contributed by atoms with Crippen molar-refractivity contribution in [2.75, 3.05) is 26.2 Å². The number of nitrogens with two attached hydrogens (primary N) is 1. The van der Waals surface area contributed by atoms with Gasteiger partial charge in [0.1, 0.15) is 5.69 Å². The molecular weight excluding hydrogens is 403 g/mol. The number of Topliss-reactive ketones (excluding diaryl/α,β-unsaturated/α-hetero) is 1. The van der Waals surface area contributed by atoms with E-state index in [0.717, 1.165) is 16.8 Å². The molecule has 1 fully saturated rings. The fourth-order valence-electron chi connectivity index (χ4n) is 3.26. The number of primary amides is 1. The van der Waals surface area contributed by atoms with Crippen molar-refractivity contribution >= 4 is 17.7 Å². The third kappa shape index (κ3) is 4.67. The molecule has 0 atom stereocenters. The number of halogens is 3. The van der Waals surface area contributed by atoms with Crippen molar-refractivity contribution in [1.82, 2.24) is 19.6 Å². The Morgan fingerprint density at radius 2 is 1.77 bits per heavy atom. The first-order valence-corrected chi connectivity index (χ1v) is 9.14. The predicted octanol–water partition coefficient (Wildman–Crippen LogP) is 1.99. The van der Waals surface area contributed by atoms with Crippen molar-refractivity contribution in [1.29, 1.82) is 0 Å². The number of benzene rings is 1. The zero-order valence-electron chi connectivity index (χ0n) is 16.1. The van der Waals surface area contributed by atoms with Gasteiger partial charge in [0.05, 0.1) is 11.1 Å². The third-order valence-electron chi connectivity index (χ3n) is 4.85. The zero-order valence-corrected chi connectivity index (χ0v) is 16.1. The molecule has 2 amide bonds. The standard InChI is InChI=1S/C19H20F3N5O3/c1-12(28)16-4-5-27(24-16)18(30)26-8-6-25(7-9-26)11-13-2-3-14(17(23)29)15(10-13)19(20,21)22/h2-5,10H,6-9,11H2,1H3,(H2,23,29). The molecule has 8 nitrogen and oxygen atoms in total. The molecule has 1 aromatic heterocycles. The van der Waals surface area contributed by atoms with E-state index in [-0.39, 0.29) is 24.1 Å². The number of rotatable bonds is 4. The number of ketones is 1. The van der Waals surface area contributed by atoms with Crippen LogP contribution in [-0.4, -0.2) is 63.5 Å². The van der Waals surface area contributed by atoms with E-state index in [2.05, 4.69) is 5.10 Å². The monoisotopic (exact) mass is 423 g/mol. The number of hydrogen-bond acceptors (Lipinski definition) is 5. The molecule has 30 heavy (non-hydrogen) atoms. The molecule has 0 saturated carbocycles. The van der Waals surface area contributed by atoms with Gasteiger partial charge in [-0.25, -0.2) is 4.79 Å². The van der Waals surface area contributed by atoms with Crippen molar-refractivity contribution < 1.29 is 27.6 Å². The molecule has 0 radical (unpaired) electrons. The van der Waals surface area contributed by atoms with E-state index in [1.807, 2.05) is 4.90 Å². The van der Waals surface area contributed by atoms with Crippen LogP contribution < -0.4 is 5.73 Å². The summed E-state index contributed by atoms with van der Waals surface area (Å²) in [7, 11) is 0. The molecule has 1 saturated heterocycles. The molecule has 2 N–H and O–H groups in total. The smallest absolute Gasteiger partial charge is 0.366 e. The van der Waals surface area contributed by atoms with Gasteiger partial charge >= 0.3 is 12.2 Å². The summed E-state index contributed by atoms with van der Waals surface area (Å²) in [5.41, 5.74) is 4.01. The molecule has 0 unspecified atom stereocenters. The number of carbonyl (C=O) groups excluding carboxylic acids is 3. The van der Waals surface area contributed by atoms with E-state index >= 15 is 0 Å². The SMILES string of the molecule is CC(=O)c1ccn(C(=O)N2CCN(Cc3ccc(C(N)=O)c(C(F)(F)F)c3)CC2)n1. The van der Waals surface area contributed by atoms with Gasteiger partial charge < -0.3 is 10.6 Å². The van der Waals surface area contributed by atoms with E-state index in [1.165, 1.54) is 25.3 Å². The first-order chi connectivity index (χ1) is 14.1. The first-order valence-electron chi connectivity index (χ1n) is 9.14. The van der Waals surface area contributed by atoms with Crippen molar-refractivity contribution in [2.24, 2.45) is 5.73 Å². The summed E-state index contributed by atoms with van der Waals surface area (Å²) in [5.74, 6) is -1.38. The molecule has 1 aliphatic rings. The number of aromatic nitrogens is 2. The van der Waals surface area contributed by atoms with Crippen LogP contribution in [0.25, 0.3) is 0 Å². The second-order valence-electron chi connectivity index (χ2n) is 6.99. The molecule has 0 spiro atoms. The minimum Gasteiger partial charge on any atom is -0.366 e. The Balaban J connectivity index is 1.63. The molecule has 1 aliphatic heterocycles. The lowest BCUT2D eigenvalue weighted by Crippen LogP contribution is -2.49. The van der Waals surface area contributed by atoms with E-state index in [1.54, 1.807) is 4.90 Å². The predicted molar refractivity (Wildman–Crippen MR) is 99.8 cm³/mol. The van der Waals surface area contributed by atoms with Gasteiger partial charge in [-0.2, -0.15) is 23.0 Å². The van der Waals surface area contributed by atoms with Crippen LogP contribution in [0.1, 0.15) is 38.9 Å². The Morgan fingerprint density at radius 1 is 1.10 bits per heavy atom. The van der Waals surface area contributed by atoms with Crippen LogP contribution in [0.15, 0.2) is 30.5 Å². The van der Waals surface area contributed by atoms with Crippen LogP contribution >= 0.6 is 0 Å². The molecule has 1 aromatic carbocycles. The van der Waals surface area contributed by atoms with Gasteiger partial charge in [-0.05, 0) is 23.8 Å². The highest BCUT2D eigenvalue weighted by Crippen LogP contribution is 2.33. The molecule has 3 rings (SSSR count). The summed E-state index contributed by atoms with van der Waals surface area (Å²) in [6.45, 7) is 3.21. The lowest BCUT2D eigenvalue weighted by atomic mass is 10.0. The summed E-state index contributed by atoms with van der Waals surface area (Å²) < 4.78 is 40.8. The number of carbonyl (C=O) groups is 3. The Morgan fingerprint density at radius 3 is 2.30 bits per heavy atom. The van der Waals surface area contributed by atoms with Gasteiger partial charge in [-0.15, -0.1) is 0 Å². The van der Waals surface area contributed by atoms with E-state index in [0.29, 0.717) is 31.7 Å². The van der Waals surface area contributed by atoms with Gasteiger partial charge in [-0.3, -0.25) is 14.5 Å². The summed E-state index contributed by atoms with van der Waals surface area (Å²) >= 11 is 0. The van der Waals surface area contributed by atoms with Gasteiger partial charge in [-0.1, -0.05) is 6.07 Å². The second kappa shape index (κ2) is 8.27. The minimum absolute atomic E-state index is 0.196. The third-order valence-corrected chi connectivity index (χ3v) is 4.85. The van der Waals surface area contributed by atoms with Crippen molar-refractivity contribution in [3.63, 3.8) is 0 Å². The number of hydrogen-bond donors (Lipinski definition) is 1. The first kappa shape index (κ1) is 21.5. The van der Waals surface area contributed by atoms with Crippen LogP contribution in [0.4, 0.5) is 18.0 Å². The van der Waals surface area contributed by atoms with Crippen LogP contribution in [0.5, 0.6) is 0 Å². The highest BCUT2D eigenvalue weighted by molar-refractivity contribution is 5.94. The van der Waals surface area contributed by atoms with Crippen LogP contribution in [0.3, 0.4) is 0 Å². The Bertz CT molecular complexity index is 978. The largest absolute Gasteiger partial charge is 0.417 e. The highest BCUT2D eigenvalue weighted by Gasteiger charge is 2.35. The number of alkyl halides is 3. The van der Waals surface area contributed by atoms with Crippen molar-refractivity contribution in [3.05, 3.63) is 52.8 Å². The van der Waals surface area contributed by atoms with Crippen LogP contribution in [0.2, 0.25) is 0 Å². The molecule has 2 heterocycles. The minimum atomic E-state index is -4.69. The maximum atomic E-state index is 13.2. The Labute approximate surface area is 170 Å². The quantitative estimate of drug-likeness (QED) is 0.758. The molecule has 2 aromatic rings. The van der Waals surface area contributed by atoms with Gasteiger partial charge in [0.15, 0.2) is 5.78 Å². The molecule has 160 valence electrons. The van der Waals surface area contributed by atoms with Crippen LogP contribution in [0, 0.1) is 0 Å². The molecular formula is C19H20F3N5O3. The summed E-state index contributed by atoms with van der Waals surface area (Å²) in [4.78, 5) is 38.5. The molecule has 11 heteroatoms. The summed E-state index contributed by atoms with van der Waals surface area (Å²) in [6.07, 6.45) is -3.27. The van der Waals surface area contributed by atoms with Crippen LogP contribution in [-0.2, 0) is 12.7 Å². The van der Waals surface area contributed by atoms with E-state index in [4.69, 9.17) is 5.73 Å². The fourth-order valence-corrected chi connectivity index (χ4v) is 3.26. The van der Waals surface area contributed by atoms with E-state index in [9.17, 15) is 27.6 Å². The average molecular weight is 423 g/mol. The Hall–Kier alpha value is -3.21. The summed E-state index contributed by atoms with van der Waals surface area (Å²) in [5, 5.41) is 3.94. The van der Waals surface area contributed by atoms with Gasteiger partial charge in [0, 0.05) is 45.8 Å². The number of amides is 2. The maximum absolute atomic E-state index is 13.2. The highest BCUT2D eigenvalue weighted by atomic mass is 19.4. The summed E-state index contributed by atoms with van der Waals surface area (Å²) in [6, 6.07) is 4.56.